The van der Waals surface area contributed by atoms with Crippen LogP contribution in [0.3, 0.4) is 0 Å². The number of Topliss-reactive ketones (excluding diaryl/α,β-unsaturated/α-hetero) is 1. The first-order valence-electron chi connectivity index (χ1n) is 13.2. The van der Waals surface area contributed by atoms with Crippen molar-refractivity contribution >= 4 is 47.1 Å². The third-order valence-corrected chi connectivity index (χ3v) is 6.68. The number of phenols is 1. The van der Waals surface area contributed by atoms with Crippen LogP contribution >= 0.6 is 11.8 Å². The lowest BCUT2D eigenvalue weighted by Gasteiger charge is -2.19. The Kier molecular flexibility index (Phi) is 9.59. The van der Waals surface area contributed by atoms with Crippen molar-refractivity contribution in [2.45, 2.75) is 39.9 Å². The number of aromatic hydroxyl groups is 1. The molecule has 1 heterocycles. The molecule has 0 aromatic heterocycles. The molecule has 4 rings (SSSR count). The number of hydrogen-bond acceptors (Lipinski definition) is 9. The molecule has 3 aromatic carbocycles. The van der Waals surface area contributed by atoms with E-state index in [1.807, 2.05) is 36.4 Å². The molecule has 0 spiro atoms. The van der Waals surface area contributed by atoms with E-state index in [2.05, 4.69) is 10.6 Å². The number of rotatable bonds is 9. The molecule has 42 heavy (non-hydrogen) atoms. The van der Waals surface area contributed by atoms with Crippen LogP contribution in [0.25, 0.3) is 6.08 Å². The van der Waals surface area contributed by atoms with Crippen molar-refractivity contribution in [3.63, 3.8) is 0 Å². The Balaban J connectivity index is 1.44. The number of nitrogens with one attached hydrogen (secondary N) is 2. The number of amides is 1. The lowest BCUT2D eigenvalue weighted by molar-refractivity contribution is -0.139. The van der Waals surface area contributed by atoms with Crippen LogP contribution in [-0.4, -0.2) is 35.2 Å². The van der Waals surface area contributed by atoms with Gasteiger partial charge in [-0.25, -0.2) is 9.59 Å². The average molecular weight is 589 g/mol. The Hall–Kier alpha value is -4.70. The van der Waals surface area contributed by atoms with Crippen LogP contribution in [0.2, 0.25) is 0 Å². The molecule has 10 heteroatoms. The highest BCUT2D eigenvalue weighted by molar-refractivity contribution is 8.08. The van der Waals surface area contributed by atoms with E-state index in [1.54, 1.807) is 64.1 Å². The van der Waals surface area contributed by atoms with Crippen LogP contribution in [0.4, 0.5) is 16.2 Å². The molecular weight excluding hydrogens is 556 g/mol. The number of thioether (sulfide) groups is 1. The van der Waals surface area contributed by atoms with Gasteiger partial charge in [0.25, 0.3) is 0 Å². The van der Waals surface area contributed by atoms with Crippen molar-refractivity contribution in [2.75, 3.05) is 17.2 Å². The third-order valence-electron chi connectivity index (χ3n) is 5.65. The van der Waals surface area contributed by atoms with Gasteiger partial charge >= 0.3 is 12.1 Å². The Labute approximate surface area is 248 Å². The second kappa shape index (κ2) is 13.3. The number of ether oxygens (including phenoxy) is 3. The normalized spacial score (nSPS) is 14.1. The molecule has 0 bridgehead atoms. The van der Waals surface area contributed by atoms with Crippen LogP contribution in [0.1, 0.15) is 38.8 Å². The van der Waals surface area contributed by atoms with Gasteiger partial charge in [-0.15, -0.1) is 0 Å². The van der Waals surface area contributed by atoms with Crippen LogP contribution < -0.4 is 15.4 Å². The van der Waals surface area contributed by atoms with Gasteiger partial charge in [0.2, 0.25) is 5.78 Å². The molecule has 0 fully saturated rings. The van der Waals surface area contributed by atoms with Gasteiger partial charge in [-0.3, -0.25) is 10.1 Å². The number of ketones is 1. The molecule has 9 nitrogen and oxygen atoms in total. The van der Waals surface area contributed by atoms with E-state index < -0.39 is 23.4 Å². The second-order valence-corrected chi connectivity index (χ2v) is 11.3. The van der Waals surface area contributed by atoms with Crippen LogP contribution in [0.15, 0.2) is 88.3 Å². The van der Waals surface area contributed by atoms with E-state index in [0.717, 1.165) is 23.0 Å². The monoisotopic (exact) mass is 588 g/mol. The topological polar surface area (TPSA) is 123 Å². The van der Waals surface area contributed by atoms with Crippen LogP contribution in [0.5, 0.6) is 11.5 Å². The fourth-order valence-electron chi connectivity index (χ4n) is 3.88. The zero-order valence-corrected chi connectivity index (χ0v) is 24.5. The standard InChI is InChI=1S/C32H32N2O7S/c1-5-39-30(37)27-28(36)26(42-29(27)33-22-11-7-6-8-12-22)18-20-14-15-25(24(35)17-20)40-19-21-10-9-13-23(16-21)34-31(38)41-32(2,3)4/h6-18,33,35H,5,19H2,1-4H3,(H,34,38)/b26-18-. The predicted octanol–water partition coefficient (Wildman–Crippen LogP) is 6.86. The maximum Gasteiger partial charge on any atom is 0.412 e. The maximum atomic E-state index is 13.2. The molecule has 3 aromatic rings. The van der Waals surface area contributed by atoms with Crippen molar-refractivity contribution in [1.29, 1.82) is 0 Å². The van der Waals surface area contributed by atoms with Crippen LogP contribution in [-0.2, 0) is 25.7 Å². The zero-order chi connectivity index (χ0) is 30.3. The second-order valence-electron chi connectivity index (χ2n) is 10.2. The Morgan fingerprint density at radius 2 is 1.71 bits per heavy atom. The van der Waals surface area contributed by atoms with E-state index >= 15 is 0 Å². The summed E-state index contributed by atoms with van der Waals surface area (Å²) < 4.78 is 16.2. The number of hydrogen-bond donors (Lipinski definition) is 3. The number of esters is 1. The predicted molar refractivity (Wildman–Crippen MR) is 163 cm³/mol. The van der Waals surface area contributed by atoms with Crippen molar-refractivity contribution < 1.29 is 33.7 Å². The largest absolute Gasteiger partial charge is 0.504 e. The molecule has 3 N–H and O–H groups in total. The van der Waals surface area contributed by atoms with Crippen molar-refractivity contribution in [1.82, 2.24) is 0 Å². The Bertz CT molecular complexity index is 1540. The first kappa shape index (κ1) is 30.3. The van der Waals surface area contributed by atoms with Gasteiger partial charge in [0.15, 0.2) is 11.5 Å². The summed E-state index contributed by atoms with van der Waals surface area (Å²) in [5.74, 6) is -1.04. The summed E-state index contributed by atoms with van der Waals surface area (Å²) in [6, 6.07) is 21.1. The number of benzene rings is 3. The summed E-state index contributed by atoms with van der Waals surface area (Å²) in [7, 11) is 0. The maximum absolute atomic E-state index is 13.2. The molecule has 1 aliphatic rings. The van der Waals surface area contributed by atoms with Gasteiger partial charge in [0, 0.05) is 11.4 Å². The number of anilines is 2. The molecule has 0 radical (unpaired) electrons. The van der Waals surface area contributed by atoms with Crippen LogP contribution in [0, 0.1) is 0 Å². The highest BCUT2D eigenvalue weighted by Crippen LogP contribution is 2.41. The van der Waals surface area contributed by atoms with E-state index in [1.165, 1.54) is 6.07 Å². The van der Waals surface area contributed by atoms with Gasteiger partial charge in [-0.05, 0) is 81.3 Å². The third kappa shape index (κ3) is 8.17. The van der Waals surface area contributed by atoms with Gasteiger partial charge in [0.1, 0.15) is 17.8 Å². The lowest BCUT2D eigenvalue weighted by Crippen LogP contribution is -2.27. The summed E-state index contributed by atoms with van der Waals surface area (Å²) in [4.78, 5) is 38.2. The SMILES string of the molecule is CCOC(=O)C1=C(Nc2ccccc2)S/C(=C\c2ccc(OCc3cccc(NC(=O)OC(C)(C)C)c3)c(O)c2)C1=O. The number of carbonyl (C=O) groups is 3. The van der Waals surface area contributed by atoms with Crippen molar-refractivity contribution in [3.8, 4) is 11.5 Å². The molecule has 0 aliphatic carbocycles. The summed E-state index contributed by atoms with van der Waals surface area (Å²) >= 11 is 1.12. The Morgan fingerprint density at radius 1 is 0.976 bits per heavy atom. The highest BCUT2D eigenvalue weighted by atomic mass is 32.2. The molecule has 0 unspecified atom stereocenters. The van der Waals surface area contributed by atoms with E-state index in [0.29, 0.717) is 21.2 Å². The number of phenolic OH excluding ortho intramolecular Hbond substituents is 1. The highest BCUT2D eigenvalue weighted by Gasteiger charge is 2.35. The van der Waals surface area contributed by atoms with E-state index in [4.69, 9.17) is 14.2 Å². The minimum atomic E-state index is -0.700. The summed E-state index contributed by atoms with van der Waals surface area (Å²) in [6.07, 6.45) is 1.04. The minimum Gasteiger partial charge on any atom is -0.504 e. The van der Waals surface area contributed by atoms with Gasteiger partial charge < -0.3 is 24.6 Å². The molecule has 0 saturated carbocycles. The smallest absolute Gasteiger partial charge is 0.412 e. The zero-order valence-electron chi connectivity index (χ0n) is 23.7. The first-order valence-corrected chi connectivity index (χ1v) is 14.1. The van der Waals surface area contributed by atoms with Crippen molar-refractivity contribution in [2.24, 2.45) is 0 Å². The fourth-order valence-corrected chi connectivity index (χ4v) is 4.93. The number of carbonyl (C=O) groups excluding carboxylic acids is 3. The Morgan fingerprint density at radius 3 is 2.40 bits per heavy atom. The molecule has 218 valence electrons. The summed E-state index contributed by atoms with van der Waals surface area (Å²) in [5.41, 5.74) is 1.90. The molecule has 1 amide bonds. The van der Waals surface area contributed by atoms with E-state index in [-0.39, 0.29) is 30.3 Å². The lowest BCUT2D eigenvalue weighted by atomic mass is 10.1. The summed E-state index contributed by atoms with van der Waals surface area (Å²) in [5, 5.41) is 16.8. The fraction of sp³-hybridized carbons (Fsp3) is 0.219. The molecular formula is C32H32N2O7S. The average Bonchev–Trinajstić information content (AvgIpc) is 3.22. The van der Waals surface area contributed by atoms with Gasteiger partial charge in [0.05, 0.1) is 16.5 Å². The summed E-state index contributed by atoms with van der Waals surface area (Å²) in [6.45, 7) is 7.30. The quantitative estimate of drug-likeness (QED) is 0.140. The van der Waals surface area contributed by atoms with Crippen molar-refractivity contribution in [3.05, 3.63) is 99.4 Å². The number of para-hydroxylation sites is 1. The molecule has 0 saturated heterocycles. The van der Waals surface area contributed by atoms with Gasteiger partial charge in [-0.1, -0.05) is 48.2 Å². The molecule has 1 aliphatic heterocycles. The molecule has 0 atom stereocenters. The first-order chi connectivity index (χ1) is 20.0. The van der Waals surface area contributed by atoms with E-state index in [9.17, 15) is 19.5 Å². The number of allylic oxidation sites excluding steroid dienone is 1. The minimum absolute atomic E-state index is 0.0653. The van der Waals surface area contributed by atoms with Gasteiger partial charge in [-0.2, -0.15) is 0 Å².